The molecular weight excluding hydrogens is 244 g/mol. The third kappa shape index (κ3) is 1.54. The van der Waals surface area contributed by atoms with Gasteiger partial charge in [0, 0.05) is 11.6 Å². The lowest BCUT2D eigenvalue weighted by Crippen LogP contribution is -2.11. The number of halogens is 1. The van der Waals surface area contributed by atoms with Crippen LogP contribution in [0, 0.1) is 0 Å². The minimum absolute atomic E-state index is 0.0832. The maximum Gasteiger partial charge on any atom is 0.202 e. The van der Waals surface area contributed by atoms with Gasteiger partial charge in [0.1, 0.15) is 0 Å². The van der Waals surface area contributed by atoms with E-state index in [0.717, 1.165) is 10.1 Å². The van der Waals surface area contributed by atoms with Gasteiger partial charge in [-0.25, -0.2) is 4.98 Å². The number of pyridine rings is 1. The van der Waals surface area contributed by atoms with Crippen molar-refractivity contribution in [3.63, 3.8) is 0 Å². The molecule has 2 rings (SSSR count). The van der Waals surface area contributed by atoms with E-state index in [2.05, 4.69) is 46.7 Å². The molecule has 0 unspecified atom stereocenters. The van der Waals surface area contributed by atoms with Crippen LogP contribution in [0.5, 0.6) is 0 Å². The molecule has 0 aliphatic carbocycles. The molecule has 0 bridgehead atoms. The minimum Gasteiger partial charge on any atom is -0.437 e. The highest BCUT2D eigenvalue weighted by atomic mass is 79.9. The largest absolute Gasteiger partial charge is 0.437 e. The van der Waals surface area contributed by atoms with Gasteiger partial charge in [-0.3, -0.25) is 0 Å². The molecular formula is C10H11BrN2O. The van der Waals surface area contributed by atoms with Gasteiger partial charge in [0.15, 0.2) is 11.2 Å². The number of nitrogens with zero attached hydrogens (tertiary/aromatic N) is 2. The Labute approximate surface area is 90.7 Å². The molecule has 2 heterocycles. The van der Waals surface area contributed by atoms with E-state index in [0.29, 0.717) is 11.5 Å². The van der Waals surface area contributed by atoms with E-state index in [1.165, 1.54) is 0 Å². The predicted octanol–water partition coefficient (Wildman–Crippen LogP) is 3.28. The summed E-state index contributed by atoms with van der Waals surface area (Å²) in [5.74, 6) is 0.715. The molecule has 3 nitrogen and oxygen atoms in total. The Kier molecular flexibility index (Phi) is 2.10. The van der Waals surface area contributed by atoms with Gasteiger partial charge in [0.05, 0.1) is 4.47 Å². The molecule has 0 saturated heterocycles. The van der Waals surface area contributed by atoms with Gasteiger partial charge < -0.3 is 4.42 Å². The second-order valence-corrected chi connectivity index (χ2v) is 5.07. The van der Waals surface area contributed by atoms with E-state index in [4.69, 9.17) is 4.42 Å². The number of aromatic nitrogens is 2. The molecule has 0 radical (unpaired) electrons. The molecule has 0 atom stereocenters. The molecule has 0 fully saturated rings. The van der Waals surface area contributed by atoms with E-state index < -0.39 is 0 Å². The molecule has 0 aliphatic rings. The van der Waals surface area contributed by atoms with Crippen molar-refractivity contribution in [2.45, 2.75) is 26.2 Å². The second-order valence-electron chi connectivity index (χ2n) is 4.21. The van der Waals surface area contributed by atoms with Gasteiger partial charge >= 0.3 is 0 Å². The molecule has 0 spiro atoms. The maximum absolute atomic E-state index is 5.64. The molecule has 0 saturated carbocycles. The summed E-state index contributed by atoms with van der Waals surface area (Å²) in [5.41, 5.74) is 1.29. The Morgan fingerprint density at radius 3 is 2.64 bits per heavy atom. The van der Waals surface area contributed by atoms with Crippen LogP contribution in [0.15, 0.2) is 21.2 Å². The topological polar surface area (TPSA) is 38.9 Å². The molecule has 4 heteroatoms. The van der Waals surface area contributed by atoms with Crippen LogP contribution in [-0.4, -0.2) is 9.97 Å². The van der Waals surface area contributed by atoms with Crippen LogP contribution in [0.2, 0.25) is 0 Å². The van der Waals surface area contributed by atoms with E-state index in [1.54, 1.807) is 6.20 Å². The Balaban J connectivity index is 2.69. The zero-order chi connectivity index (χ0) is 10.3. The highest BCUT2D eigenvalue weighted by Crippen LogP contribution is 2.28. The van der Waals surface area contributed by atoms with Crippen molar-refractivity contribution in [1.29, 1.82) is 0 Å². The summed E-state index contributed by atoms with van der Waals surface area (Å²) in [7, 11) is 0. The highest BCUT2D eigenvalue weighted by Gasteiger charge is 2.21. The summed E-state index contributed by atoms with van der Waals surface area (Å²) < 4.78 is 6.54. The first-order chi connectivity index (χ1) is 6.48. The number of hydrogen-bond donors (Lipinski definition) is 0. The monoisotopic (exact) mass is 254 g/mol. The van der Waals surface area contributed by atoms with Crippen molar-refractivity contribution in [2.24, 2.45) is 0 Å². The number of fused-ring (bicyclic) bond motifs is 1. The second kappa shape index (κ2) is 3.05. The standard InChI is InChI=1S/C10H11BrN2O/c1-10(2,3)9-13-8-7(14-9)6(11)4-5-12-8/h4-5H,1-3H3. The quantitative estimate of drug-likeness (QED) is 0.725. The fraction of sp³-hybridized carbons (Fsp3) is 0.400. The molecule has 0 aliphatic heterocycles. The van der Waals surface area contributed by atoms with Crippen LogP contribution < -0.4 is 0 Å². The van der Waals surface area contributed by atoms with Crippen molar-refractivity contribution in [2.75, 3.05) is 0 Å². The lowest BCUT2D eigenvalue weighted by Gasteiger charge is -2.11. The van der Waals surface area contributed by atoms with Crippen molar-refractivity contribution in [1.82, 2.24) is 9.97 Å². The molecule has 0 N–H and O–H groups in total. The average molecular weight is 255 g/mol. The van der Waals surface area contributed by atoms with Crippen molar-refractivity contribution in [3.8, 4) is 0 Å². The number of rotatable bonds is 0. The summed E-state index contributed by atoms with van der Waals surface area (Å²) in [5, 5.41) is 0. The number of hydrogen-bond acceptors (Lipinski definition) is 3. The lowest BCUT2D eigenvalue weighted by atomic mass is 9.97. The van der Waals surface area contributed by atoms with E-state index in [-0.39, 0.29) is 5.41 Å². The smallest absolute Gasteiger partial charge is 0.202 e. The fourth-order valence-corrected chi connectivity index (χ4v) is 1.50. The van der Waals surface area contributed by atoms with Crippen molar-refractivity contribution in [3.05, 3.63) is 22.6 Å². The highest BCUT2D eigenvalue weighted by molar-refractivity contribution is 9.10. The fourth-order valence-electron chi connectivity index (χ4n) is 1.12. The van der Waals surface area contributed by atoms with E-state index in [1.807, 2.05) is 6.07 Å². The average Bonchev–Trinajstić information content (AvgIpc) is 2.48. The maximum atomic E-state index is 5.64. The van der Waals surface area contributed by atoms with Crippen LogP contribution >= 0.6 is 15.9 Å². The Morgan fingerprint density at radius 1 is 1.36 bits per heavy atom. The zero-order valence-electron chi connectivity index (χ0n) is 8.34. The summed E-state index contributed by atoms with van der Waals surface area (Å²) in [6.45, 7) is 6.18. The molecule has 2 aromatic heterocycles. The van der Waals surface area contributed by atoms with Gasteiger partial charge in [-0.1, -0.05) is 20.8 Å². The Morgan fingerprint density at radius 2 is 2.07 bits per heavy atom. The summed E-state index contributed by atoms with van der Waals surface area (Å²) in [4.78, 5) is 8.48. The SMILES string of the molecule is CC(C)(C)c1nc2nccc(Br)c2o1. The van der Waals surface area contributed by atoms with Crippen LogP contribution in [-0.2, 0) is 5.41 Å². The first-order valence-corrected chi connectivity index (χ1v) is 5.19. The van der Waals surface area contributed by atoms with Gasteiger partial charge in [-0.2, -0.15) is 4.98 Å². The van der Waals surface area contributed by atoms with Crippen LogP contribution in [0.3, 0.4) is 0 Å². The third-order valence-corrected chi connectivity index (χ3v) is 2.51. The van der Waals surface area contributed by atoms with Gasteiger partial charge in [-0.05, 0) is 22.0 Å². The molecule has 74 valence electrons. The normalized spacial score (nSPS) is 12.3. The zero-order valence-corrected chi connectivity index (χ0v) is 9.92. The first kappa shape index (κ1) is 9.65. The third-order valence-electron chi connectivity index (χ3n) is 1.89. The van der Waals surface area contributed by atoms with Crippen LogP contribution in [0.1, 0.15) is 26.7 Å². The van der Waals surface area contributed by atoms with Crippen LogP contribution in [0.4, 0.5) is 0 Å². The molecule has 2 aromatic rings. The van der Waals surface area contributed by atoms with Gasteiger partial charge in [-0.15, -0.1) is 0 Å². The van der Waals surface area contributed by atoms with E-state index >= 15 is 0 Å². The Bertz CT molecular complexity index is 470. The lowest BCUT2D eigenvalue weighted by molar-refractivity contribution is 0.410. The summed E-state index contributed by atoms with van der Waals surface area (Å²) in [6.07, 6.45) is 1.71. The van der Waals surface area contributed by atoms with E-state index in [9.17, 15) is 0 Å². The molecule has 0 amide bonds. The van der Waals surface area contributed by atoms with Crippen molar-refractivity contribution < 1.29 is 4.42 Å². The number of oxazole rings is 1. The summed E-state index contributed by atoms with van der Waals surface area (Å²) >= 11 is 3.40. The molecule has 14 heavy (non-hydrogen) atoms. The van der Waals surface area contributed by atoms with Gasteiger partial charge in [0.2, 0.25) is 5.89 Å². The molecule has 0 aromatic carbocycles. The Hall–Kier alpha value is -0.900. The first-order valence-electron chi connectivity index (χ1n) is 4.40. The van der Waals surface area contributed by atoms with Crippen LogP contribution in [0.25, 0.3) is 11.2 Å². The van der Waals surface area contributed by atoms with Crippen molar-refractivity contribution >= 4 is 27.2 Å². The van der Waals surface area contributed by atoms with Gasteiger partial charge in [0.25, 0.3) is 0 Å². The summed E-state index contributed by atoms with van der Waals surface area (Å²) in [6, 6.07) is 1.85. The predicted molar refractivity (Wildman–Crippen MR) is 58.2 cm³/mol. The minimum atomic E-state index is -0.0832.